The van der Waals surface area contributed by atoms with Gasteiger partial charge in [-0.05, 0) is 143 Å². The minimum Gasteiger partial charge on any atom is -0.497 e. The smallest absolute Gasteiger partial charge is 0.412 e. The molecule has 0 aromatic heterocycles. The maximum Gasteiger partial charge on any atom is 0.412 e. The number of amides is 1. The summed E-state index contributed by atoms with van der Waals surface area (Å²) in [5, 5.41) is 22.1. The molecule has 8 aromatic carbocycles. The zero-order valence-corrected chi connectivity index (χ0v) is 50.6. The van der Waals surface area contributed by atoms with Crippen LogP contribution in [0.15, 0.2) is 211 Å². The number of nitrogens with zero attached hydrogens (tertiary/aromatic N) is 1. The molecule has 3 unspecified atom stereocenters. The molecule has 8 aromatic rings. The van der Waals surface area contributed by atoms with Crippen LogP contribution >= 0.6 is 0 Å². The van der Waals surface area contributed by atoms with E-state index in [0.29, 0.717) is 42.3 Å². The summed E-state index contributed by atoms with van der Waals surface area (Å²) >= 11 is 0. The van der Waals surface area contributed by atoms with Crippen LogP contribution in [0, 0.1) is 0 Å². The van der Waals surface area contributed by atoms with Gasteiger partial charge in [0.15, 0.2) is 6.10 Å². The van der Waals surface area contributed by atoms with Gasteiger partial charge in [0, 0.05) is 21.9 Å². The van der Waals surface area contributed by atoms with Crippen LogP contribution in [0.3, 0.4) is 0 Å². The number of aliphatic hydroxyl groups is 2. The minimum atomic E-state index is -0.704. The number of benzene rings is 8. The largest absolute Gasteiger partial charge is 0.497 e. The molecule has 0 aliphatic rings. The van der Waals surface area contributed by atoms with E-state index in [1.54, 1.807) is 38.5 Å². The molecule has 0 fully saturated rings. The number of carbonyl (C=O) groups excluding carboxylic acids is 2. The van der Waals surface area contributed by atoms with E-state index in [0.717, 1.165) is 39.7 Å². The molecule has 13 nitrogen and oxygen atoms in total. The number of hydrogen-bond acceptors (Lipinski definition) is 12. The molecule has 85 heavy (non-hydrogen) atoms. The van der Waals surface area contributed by atoms with Crippen molar-refractivity contribution in [2.45, 2.75) is 103 Å². The molecule has 1 amide bonds. The Morgan fingerprint density at radius 1 is 0.435 bits per heavy atom. The summed E-state index contributed by atoms with van der Waals surface area (Å²) in [6, 6.07) is 66.4. The normalized spacial score (nSPS) is 12.2. The van der Waals surface area contributed by atoms with Gasteiger partial charge in [-0.25, -0.2) is 9.59 Å². The van der Waals surface area contributed by atoms with E-state index in [-0.39, 0.29) is 36.1 Å². The van der Waals surface area contributed by atoms with Gasteiger partial charge in [0.1, 0.15) is 60.9 Å². The second-order valence-corrected chi connectivity index (χ2v) is 21.9. The van der Waals surface area contributed by atoms with Crippen molar-refractivity contribution in [3.05, 3.63) is 240 Å². The van der Waals surface area contributed by atoms with Crippen LogP contribution in [0.4, 0.5) is 16.2 Å². The Kier molecular flexibility index (Phi) is 24.8. The molecular formula is C72H82N2O11. The zero-order chi connectivity index (χ0) is 61.2. The number of isocyanates is 1. The average molecular weight is 1150 g/mol. The molecule has 0 saturated carbocycles. The maximum absolute atomic E-state index is 12.9. The fraction of sp³-hybridized carbons (Fsp3) is 0.306. The zero-order valence-electron chi connectivity index (χ0n) is 50.6. The van der Waals surface area contributed by atoms with E-state index in [1.807, 2.05) is 135 Å². The van der Waals surface area contributed by atoms with Crippen molar-refractivity contribution < 1.29 is 53.0 Å². The van der Waals surface area contributed by atoms with E-state index >= 15 is 0 Å². The number of aliphatic imine (C=N–C) groups is 1. The van der Waals surface area contributed by atoms with E-state index in [2.05, 4.69) is 113 Å². The number of carbonyl (C=O) groups is 1. The first kappa shape index (κ1) is 65.3. The van der Waals surface area contributed by atoms with Crippen LogP contribution in [0.5, 0.6) is 34.5 Å². The molecular weight excluding hydrogens is 1070 g/mol. The average Bonchev–Trinajstić information content (AvgIpc) is 3.56. The second-order valence-electron chi connectivity index (χ2n) is 21.9. The molecule has 3 N–H and O–H groups in total. The molecule has 0 saturated heterocycles. The number of anilines is 1. The Bertz CT molecular complexity index is 3260. The summed E-state index contributed by atoms with van der Waals surface area (Å²) in [6.07, 6.45) is 0.615. The van der Waals surface area contributed by atoms with E-state index in [4.69, 9.17) is 33.2 Å². The molecule has 8 rings (SSSR count). The molecule has 0 bridgehead atoms. The number of nitrogens with one attached hydrogen (secondary N) is 1. The van der Waals surface area contributed by atoms with Gasteiger partial charge in [0.05, 0.1) is 32.1 Å². The lowest BCUT2D eigenvalue weighted by molar-refractivity contribution is 0.0429. The SMILES string of the molecule is CCC(O)COc1ccc(C(C)(C)c2ccc(OC)cc2)cc1.CCC(O)COc1ccc(C(C)(C)c2ccc(OCC(COc3ccc(C(C)(C)c4ccc(OC)cc4)cc3)OC(=O)Nc3ccccc3)cc2)cc1.O=C=Nc1ccccc1. The summed E-state index contributed by atoms with van der Waals surface area (Å²) in [4.78, 5) is 26.0. The topological polar surface area (TPSA) is 164 Å². The van der Waals surface area contributed by atoms with Gasteiger partial charge >= 0.3 is 6.09 Å². The second kappa shape index (κ2) is 32.3. The number of aliphatic hydroxyl groups excluding tert-OH is 2. The maximum atomic E-state index is 12.9. The first-order chi connectivity index (χ1) is 40.9. The third kappa shape index (κ3) is 19.9. The molecule has 446 valence electrons. The predicted octanol–water partition coefficient (Wildman–Crippen LogP) is 15.4. The summed E-state index contributed by atoms with van der Waals surface area (Å²) in [6.45, 7) is 17.7. The predicted molar refractivity (Wildman–Crippen MR) is 337 cm³/mol. The van der Waals surface area contributed by atoms with Crippen molar-refractivity contribution in [3.63, 3.8) is 0 Å². The van der Waals surface area contributed by atoms with Crippen LogP contribution in [0.2, 0.25) is 0 Å². The fourth-order valence-corrected chi connectivity index (χ4v) is 8.88. The molecule has 0 aliphatic carbocycles. The molecule has 0 spiro atoms. The lowest BCUT2D eigenvalue weighted by Gasteiger charge is -2.27. The van der Waals surface area contributed by atoms with Crippen molar-refractivity contribution in [2.75, 3.05) is 46.0 Å². The standard InChI is InChI=1S/C45H51NO7.C20H26O3.C7H5NO/c1-7-37(47)29-50-39-23-15-33(16-24-39)45(4,5)35-19-27-41(28-20-35)52-31-42(53-43(48)46-36-11-9-8-10-12-36)30-51-40-25-17-34(18-26-40)44(2,3)32-13-21-38(49-6)22-14-32;1-5-17(21)14-23-19-12-8-16(9-13-19)20(2,3)15-6-10-18(22-4)11-7-15;9-6-8-7-4-2-1-3-5-7/h8-28,37,42,47H,7,29-31H2,1-6H3,(H,46,48);6-13,17,21H,5,14H2,1-4H3;1-5H. The Hall–Kier alpha value is -8.87. The van der Waals surface area contributed by atoms with Gasteiger partial charge < -0.3 is 43.4 Å². The Morgan fingerprint density at radius 3 is 1.00 bits per heavy atom. The highest BCUT2D eigenvalue weighted by atomic mass is 16.6. The summed E-state index contributed by atoms with van der Waals surface area (Å²) in [5.74, 6) is 4.49. The van der Waals surface area contributed by atoms with Crippen molar-refractivity contribution in [1.29, 1.82) is 0 Å². The van der Waals surface area contributed by atoms with Crippen molar-refractivity contribution in [2.24, 2.45) is 4.99 Å². The summed E-state index contributed by atoms with van der Waals surface area (Å²) < 4.78 is 39.9. The van der Waals surface area contributed by atoms with Crippen LogP contribution in [0.1, 0.15) is 102 Å². The van der Waals surface area contributed by atoms with Crippen molar-refractivity contribution >= 4 is 23.5 Å². The summed E-state index contributed by atoms with van der Waals surface area (Å²) in [7, 11) is 3.34. The van der Waals surface area contributed by atoms with E-state index < -0.39 is 24.4 Å². The lowest BCUT2D eigenvalue weighted by atomic mass is 9.78. The monoisotopic (exact) mass is 1150 g/mol. The van der Waals surface area contributed by atoms with Gasteiger partial charge in [0.25, 0.3) is 0 Å². The first-order valence-electron chi connectivity index (χ1n) is 28.6. The van der Waals surface area contributed by atoms with Crippen LogP contribution < -0.4 is 33.7 Å². The lowest BCUT2D eigenvalue weighted by Crippen LogP contribution is -2.33. The molecule has 13 heteroatoms. The quantitative estimate of drug-likeness (QED) is 0.0369. The van der Waals surface area contributed by atoms with Gasteiger partial charge in [-0.1, -0.05) is 165 Å². The highest BCUT2D eigenvalue weighted by Gasteiger charge is 2.26. The number of rotatable bonds is 25. The fourth-order valence-electron chi connectivity index (χ4n) is 8.88. The third-order valence-electron chi connectivity index (χ3n) is 14.9. The Labute approximate surface area is 502 Å². The number of ether oxygens (including phenoxy) is 7. The first-order valence-corrected chi connectivity index (χ1v) is 28.6. The Balaban J connectivity index is 0.000000294. The van der Waals surface area contributed by atoms with Gasteiger partial charge in [-0.2, -0.15) is 4.99 Å². The van der Waals surface area contributed by atoms with Gasteiger partial charge in [-0.15, -0.1) is 0 Å². The number of para-hydroxylation sites is 2. The molecule has 0 heterocycles. The van der Waals surface area contributed by atoms with E-state index in [9.17, 15) is 19.8 Å². The summed E-state index contributed by atoms with van der Waals surface area (Å²) in [5.41, 5.74) is 7.64. The van der Waals surface area contributed by atoms with E-state index in [1.165, 1.54) is 22.8 Å². The highest BCUT2D eigenvalue weighted by molar-refractivity contribution is 5.84. The van der Waals surface area contributed by atoms with Gasteiger partial charge in [0.2, 0.25) is 6.08 Å². The third-order valence-corrected chi connectivity index (χ3v) is 14.9. The number of hydrogen-bond donors (Lipinski definition) is 3. The van der Waals surface area contributed by atoms with Crippen molar-refractivity contribution in [3.8, 4) is 34.5 Å². The van der Waals surface area contributed by atoms with Crippen LogP contribution in [0.25, 0.3) is 0 Å². The Morgan fingerprint density at radius 2 is 0.718 bits per heavy atom. The highest BCUT2D eigenvalue weighted by Crippen LogP contribution is 2.36. The van der Waals surface area contributed by atoms with Crippen molar-refractivity contribution in [1.82, 2.24) is 0 Å². The number of methoxy groups -OCH3 is 2. The van der Waals surface area contributed by atoms with Crippen LogP contribution in [-0.2, 0) is 25.8 Å². The molecule has 0 radical (unpaired) electrons. The minimum absolute atomic E-state index is 0.0850. The van der Waals surface area contributed by atoms with Gasteiger partial charge in [-0.3, -0.25) is 5.32 Å². The molecule has 0 aliphatic heterocycles. The molecule has 3 atom stereocenters. The van der Waals surface area contributed by atoms with Crippen LogP contribution in [-0.4, -0.2) is 81.3 Å².